The van der Waals surface area contributed by atoms with Crippen molar-refractivity contribution in [3.8, 4) is 0 Å². The fourth-order valence-electron chi connectivity index (χ4n) is 2.24. The van der Waals surface area contributed by atoms with E-state index in [1.165, 1.54) is 24.0 Å². The lowest BCUT2D eigenvalue weighted by molar-refractivity contribution is 0.588. The van der Waals surface area contributed by atoms with Crippen LogP contribution in [-0.4, -0.2) is 14.8 Å². The Labute approximate surface area is 116 Å². The molecule has 0 aliphatic carbocycles. The number of hydrogen-bond donors (Lipinski definition) is 0. The zero-order chi connectivity index (χ0) is 13.9. The maximum Gasteiger partial charge on any atom is 0.137 e. The molecule has 0 spiro atoms. The molecule has 0 saturated carbocycles. The van der Waals surface area contributed by atoms with Crippen LogP contribution in [0.25, 0.3) is 0 Å². The van der Waals surface area contributed by atoms with E-state index in [2.05, 4.69) is 34.3 Å². The molecule has 0 aliphatic heterocycles. The van der Waals surface area contributed by atoms with Crippen LogP contribution < -0.4 is 0 Å². The van der Waals surface area contributed by atoms with Crippen molar-refractivity contribution < 1.29 is 4.39 Å². The first kappa shape index (κ1) is 12.5. The molecule has 1 heterocycles. The second-order valence-electron chi connectivity index (χ2n) is 4.74. The molecule has 0 N–H and O–H groups in total. The summed E-state index contributed by atoms with van der Waals surface area (Å²) in [4.78, 5) is 4.01. The number of nitrogens with zero attached hydrogens (tertiary/aromatic N) is 3. The largest absolute Gasteiger partial charge is 0.241 e. The molecule has 0 aliphatic rings. The fourth-order valence-corrected chi connectivity index (χ4v) is 2.24. The first-order valence-corrected chi connectivity index (χ1v) is 6.40. The van der Waals surface area contributed by atoms with E-state index >= 15 is 0 Å². The highest BCUT2D eigenvalue weighted by molar-refractivity contribution is 5.33. The summed E-state index contributed by atoms with van der Waals surface area (Å²) in [5.41, 5.74) is 3.26. The molecule has 100 valence electrons. The van der Waals surface area contributed by atoms with Crippen LogP contribution in [-0.2, 0) is 0 Å². The van der Waals surface area contributed by atoms with Crippen molar-refractivity contribution in [2.24, 2.45) is 0 Å². The van der Waals surface area contributed by atoms with Gasteiger partial charge in [0.1, 0.15) is 24.5 Å². The number of aromatic nitrogens is 3. The second kappa shape index (κ2) is 5.25. The van der Waals surface area contributed by atoms with E-state index in [-0.39, 0.29) is 11.9 Å². The maximum absolute atomic E-state index is 13.1. The van der Waals surface area contributed by atoms with Gasteiger partial charge >= 0.3 is 0 Å². The van der Waals surface area contributed by atoms with Gasteiger partial charge in [0, 0.05) is 0 Å². The molecule has 0 saturated heterocycles. The van der Waals surface area contributed by atoms with E-state index in [1.54, 1.807) is 23.1 Å². The summed E-state index contributed by atoms with van der Waals surface area (Å²) in [5.74, 6) is -0.241. The Bertz CT molecular complexity index is 627. The standard InChI is InChI=1S/C16H14FN3/c1-12-2-4-13(5-3-12)16(20-11-18-10-19-20)14-6-8-15(17)9-7-14/h2-11,16H,1H3. The number of halogens is 1. The third-order valence-corrected chi connectivity index (χ3v) is 3.28. The summed E-state index contributed by atoms with van der Waals surface area (Å²) in [6.45, 7) is 2.05. The SMILES string of the molecule is Cc1ccc(C(c2ccc(F)cc2)n2cncn2)cc1. The van der Waals surface area contributed by atoms with E-state index < -0.39 is 0 Å². The Morgan fingerprint density at radius 2 is 1.55 bits per heavy atom. The molecule has 4 heteroatoms. The molecular formula is C16H14FN3. The first-order chi connectivity index (χ1) is 9.74. The molecule has 20 heavy (non-hydrogen) atoms. The van der Waals surface area contributed by atoms with Crippen molar-refractivity contribution in [2.45, 2.75) is 13.0 Å². The number of hydrogen-bond acceptors (Lipinski definition) is 2. The van der Waals surface area contributed by atoms with Crippen LogP contribution in [0.15, 0.2) is 61.2 Å². The first-order valence-electron chi connectivity index (χ1n) is 6.40. The summed E-state index contributed by atoms with van der Waals surface area (Å²) >= 11 is 0. The van der Waals surface area contributed by atoms with Crippen molar-refractivity contribution in [1.29, 1.82) is 0 Å². The normalized spacial score (nSPS) is 12.3. The van der Waals surface area contributed by atoms with Crippen molar-refractivity contribution >= 4 is 0 Å². The summed E-state index contributed by atoms with van der Waals surface area (Å²) in [7, 11) is 0. The third kappa shape index (κ3) is 2.45. The van der Waals surface area contributed by atoms with Gasteiger partial charge in [0.05, 0.1) is 0 Å². The minimum atomic E-state index is -0.241. The van der Waals surface area contributed by atoms with Gasteiger partial charge in [-0.2, -0.15) is 5.10 Å². The zero-order valence-electron chi connectivity index (χ0n) is 11.1. The van der Waals surface area contributed by atoms with Gasteiger partial charge in [0.25, 0.3) is 0 Å². The minimum absolute atomic E-state index is 0.0984. The van der Waals surface area contributed by atoms with Gasteiger partial charge in [-0.05, 0) is 30.2 Å². The maximum atomic E-state index is 13.1. The monoisotopic (exact) mass is 267 g/mol. The molecule has 0 fully saturated rings. The van der Waals surface area contributed by atoms with Gasteiger partial charge in [-0.15, -0.1) is 0 Å². The Hall–Kier alpha value is -2.49. The van der Waals surface area contributed by atoms with Gasteiger partial charge in [0.15, 0.2) is 0 Å². The van der Waals surface area contributed by atoms with Crippen LogP contribution in [0, 0.1) is 12.7 Å². The zero-order valence-corrected chi connectivity index (χ0v) is 11.1. The van der Waals surface area contributed by atoms with Crippen molar-refractivity contribution in [1.82, 2.24) is 14.8 Å². The number of aryl methyl sites for hydroxylation is 1. The lowest BCUT2D eigenvalue weighted by Gasteiger charge is -2.18. The van der Waals surface area contributed by atoms with Gasteiger partial charge in [-0.3, -0.25) is 0 Å². The molecule has 3 nitrogen and oxygen atoms in total. The van der Waals surface area contributed by atoms with Crippen LogP contribution in [0.3, 0.4) is 0 Å². The van der Waals surface area contributed by atoms with Gasteiger partial charge in [0.2, 0.25) is 0 Å². The highest BCUT2D eigenvalue weighted by atomic mass is 19.1. The van der Waals surface area contributed by atoms with E-state index in [4.69, 9.17) is 0 Å². The molecule has 0 bridgehead atoms. The quantitative estimate of drug-likeness (QED) is 0.728. The minimum Gasteiger partial charge on any atom is -0.241 e. The summed E-state index contributed by atoms with van der Waals surface area (Å²) in [6, 6.07) is 14.6. The van der Waals surface area contributed by atoms with Crippen LogP contribution in [0.1, 0.15) is 22.7 Å². The predicted octanol–water partition coefficient (Wildman–Crippen LogP) is 3.36. The van der Waals surface area contributed by atoms with Crippen LogP contribution in [0.5, 0.6) is 0 Å². The average molecular weight is 267 g/mol. The predicted molar refractivity (Wildman–Crippen MR) is 74.8 cm³/mol. The summed E-state index contributed by atoms with van der Waals surface area (Å²) < 4.78 is 14.9. The van der Waals surface area contributed by atoms with Crippen molar-refractivity contribution in [2.75, 3.05) is 0 Å². The summed E-state index contributed by atoms with van der Waals surface area (Å²) in [6.07, 6.45) is 3.18. The van der Waals surface area contributed by atoms with Crippen molar-refractivity contribution in [3.05, 3.63) is 83.7 Å². The molecule has 1 atom stereocenters. The number of benzene rings is 2. The van der Waals surface area contributed by atoms with E-state index in [9.17, 15) is 4.39 Å². The van der Waals surface area contributed by atoms with Gasteiger partial charge in [-0.1, -0.05) is 42.0 Å². The molecule has 0 amide bonds. The van der Waals surface area contributed by atoms with Crippen LogP contribution >= 0.6 is 0 Å². The highest BCUT2D eigenvalue weighted by Crippen LogP contribution is 2.26. The molecule has 1 aromatic heterocycles. The Balaban J connectivity index is 2.09. The Morgan fingerprint density at radius 1 is 0.950 bits per heavy atom. The average Bonchev–Trinajstić information content (AvgIpc) is 2.97. The van der Waals surface area contributed by atoms with E-state index in [0.29, 0.717) is 0 Å². The third-order valence-electron chi connectivity index (χ3n) is 3.28. The highest BCUT2D eigenvalue weighted by Gasteiger charge is 2.16. The fraction of sp³-hybridized carbons (Fsp3) is 0.125. The lowest BCUT2D eigenvalue weighted by atomic mass is 9.98. The molecule has 3 rings (SSSR count). The topological polar surface area (TPSA) is 30.7 Å². The molecule has 3 aromatic rings. The molecular weight excluding hydrogens is 253 g/mol. The lowest BCUT2D eigenvalue weighted by Crippen LogP contribution is -2.13. The van der Waals surface area contributed by atoms with Gasteiger partial charge in [-0.25, -0.2) is 14.1 Å². The van der Waals surface area contributed by atoms with E-state index in [1.807, 2.05) is 6.92 Å². The van der Waals surface area contributed by atoms with E-state index in [0.717, 1.165) is 11.1 Å². The smallest absolute Gasteiger partial charge is 0.137 e. The Morgan fingerprint density at radius 3 is 2.10 bits per heavy atom. The van der Waals surface area contributed by atoms with Crippen LogP contribution in [0.2, 0.25) is 0 Å². The van der Waals surface area contributed by atoms with Crippen molar-refractivity contribution in [3.63, 3.8) is 0 Å². The Kier molecular flexibility index (Phi) is 3.29. The molecule has 1 unspecified atom stereocenters. The number of rotatable bonds is 3. The van der Waals surface area contributed by atoms with Gasteiger partial charge < -0.3 is 0 Å². The van der Waals surface area contributed by atoms with Crippen LogP contribution in [0.4, 0.5) is 4.39 Å². The summed E-state index contributed by atoms with van der Waals surface area (Å²) in [5, 5.41) is 4.23. The second-order valence-corrected chi connectivity index (χ2v) is 4.74. The molecule has 2 aromatic carbocycles. The molecule has 0 radical (unpaired) electrons.